The molecule has 27 heavy (non-hydrogen) atoms. The molecule has 0 spiro atoms. The Labute approximate surface area is 159 Å². The number of benzene rings is 1. The molecule has 5 heteroatoms. The lowest BCUT2D eigenvalue weighted by molar-refractivity contribution is -0.120. The monoisotopic (exact) mass is 366 g/mol. The Morgan fingerprint density at radius 3 is 2.74 bits per heavy atom. The van der Waals surface area contributed by atoms with Gasteiger partial charge in [-0.2, -0.15) is 0 Å². The van der Waals surface area contributed by atoms with Crippen molar-refractivity contribution in [2.24, 2.45) is 0 Å². The number of furan rings is 2. The van der Waals surface area contributed by atoms with Crippen molar-refractivity contribution in [1.29, 1.82) is 0 Å². The standard InChI is InChI=1S/C22H26N2O3/c1-15-7-8-18-17(14-27-22(18)16(15)2)12-21(25)23-13-19(20-6-5-11-26-20)24-9-3-4-10-24/h5-8,11,14,19H,3-4,9-10,12-13H2,1-2H3,(H,23,25)/t19-/m0/s1. The summed E-state index contributed by atoms with van der Waals surface area (Å²) in [6.45, 7) is 6.77. The van der Waals surface area contributed by atoms with Crippen molar-refractivity contribution in [1.82, 2.24) is 10.2 Å². The van der Waals surface area contributed by atoms with Crippen molar-refractivity contribution in [3.63, 3.8) is 0 Å². The Bertz CT molecular complexity index is 921. The van der Waals surface area contributed by atoms with E-state index in [9.17, 15) is 4.79 Å². The maximum absolute atomic E-state index is 12.6. The fourth-order valence-corrected chi connectivity index (χ4v) is 3.92. The first-order valence-electron chi connectivity index (χ1n) is 9.64. The molecule has 0 saturated carbocycles. The van der Waals surface area contributed by atoms with Crippen molar-refractivity contribution in [2.45, 2.75) is 39.2 Å². The van der Waals surface area contributed by atoms with Crippen molar-refractivity contribution >= 4 is 16.9 Å². The normalized spacial score (nSPS) is 16.1. The van der Waals surface area contributed by atoms with Crippen molar-refractivity contribution in [2.75, 3.05) is 19.6 Å². The highest BCUT2D eigenvalue weighted by atomic mass is 16.3. The summed E-state index contributed by atoms with van der Waals surface area (Å²) in [7, 11) is 0. The van der Waals surface area contributed by atoms with E-state index in [2.05, 4.69) is 30.1 Å². The van der Waals surface area contributed by atoms with Gasteiger partial charge in [0, 0.05) is 17.5 Å². The summed E-state index contributed by atoms with van der Waals surface area (Å²) in [5.41, 5.74) is 4.13. The van der Waals surface area contributed by atoms with Gasteiger partial charge in [0.25, 0.3) is 0 Å². The smallest absolute Gasteiger partial charge is 0.224 e. The minimum Gasteiger partial charge on any atom is -0.468 e. The molecule has 0 unspecified atom stereocenters. The second-order valence-corrected chi connectivity index (χ2v) is 7.40. The Morgan fingerprint density at radius 1 is 1.19 bits per heavy atom. The predicted molar refractivity (Wildman–Crippen MR) is 105 cm³/mol. The maximum Gasteiger partial charge on any atom is 0.224 e. The number of aryl methyl sites for hydroxylation is 2. The summed E-state index contributed by atoms with van der Waals surface area (Å²) in [6.07, 6.45) is 6.12. The highest BCUT2D eigenvalue weighted by Crippen LogP contribution is 2.27. The van der Waals surface area contributed by atoms with Gasteiger partial charge in [-0.15, -0.1) is 0 Å². The summed E-state index contributed by atoms with van der Waals surface area (Å²) in [5, 5.41) is 4.12. The number of rotatable bonds is 6. The van der Waals surface area contributed by atoms with Crippen molar-refractivity contribution < 1.29 is 13.6 Å². The molecule has 0 aliphatic carbocycles. The minimum absolute atomic E-state index is 0.00619. The van der Waals surface area contributed by atoms with Gasteiger partial charge in [0.2, 0.25) is 5.91 Å². The van der Waals surface area contributed by atoms with E-state index in [-0.39, 0.29) is 11.9 Å². The summed E-state index contributed by atoms with van der Waals surface area (Å²) in [4.78, 5) is 15.0. The van der Waals surface area contributed by atoms with Crippen LogP contribution >= 0.6 is 0 Å². The topological polar surface area (TPSA) is 58.6 Å². The molecule has 3 heterocycles. The molecule has 1 saturated heterocycles. The van der Waals surface area contributed by atoms with E-state index in [1.54, 1.807) is 12.5 Å². The third-order valence-corrected chi connectivity index (χ3v) is 5.64. The molecule has 0 radical (unpaired) electrons. The zero-order valence-electron chi connectivity index (χ0n) is 16.0. The van der Waals surface area contributed by atoms with E-state index >= 15 is 0 Å². The third-order valence-electron chi connectivity index (χ3n) is 5.64. The number of likely N-dealkylation sites (tertiary alicyclic amines) is 1. The van der Waals surface area contributed by atoms with Gasteiger partial charge in [-0.05, 0) is 63.0 Å². The van der Waals surface area contributed by atoms with Crippen LogP contribution in [0.15, 0.2) is 45.6 Å². The van der Waals surface area contributed by atoms with Gasteiger partial charge in [0.05, 0.1) is 25.0 Å². The van der Waals surface area contributed by atoms with Crippen LogP contribution in [-0.4, -0.2) is 30.4 Å². The van der Waals surface area contributed by atoms with Gasteiger partial charge < -0.3 is 14.2 Å². The molecule has 0 bridgehead atoms. The summed E-state index contributed by atoms with van der Waals surface area (Å²) < 4.78 is 11.3. The lowest BCUT2D eigenvalue weighted by Gasteiger charge is -2.26. The summed E-state index contributed by atoms with van der Waals surface area (Å²) in [6, 6.07) is 8.11. The van der Waals surface area contributed by atoms with Crippen LogP contribution in [0.25, 0.3) is 11.0 Å². The number of nitrogens with one attached hydrogen (secondary N) is 1. The molecular weight excluding hydrogens is 340 g/mol. The third kappa shape index (κ3) is 3.65. The van der Waals surface area contributed by atoms with Crippen LogP contribution in [0.2, 0.25) is 0 Å². The largest absolute Gasteiger partial charge is 0.468 e. The van der Waals surface area contributed by atoms with E-state index in [1.807, 2.05) is 18.2 Å². The van der Waals surface area contributed by atoms with Crippen LogP contribution in [0.3, 0.4) is 0 Å². The van der Waals surface area contributed by atoms with Gasteiger partial charge >= 0.3 is 0 Å². The average molecular weight is 366 g/mol. The molecule has 1 atom stereocenters. The van der Waals surface area contributed by atoms with Crippen LogP contribution in [0.5, 0.6) is 0 Å². The highest BCUT2D eigenvalue weighted by molar-refractivity contribution is 5.89. The molecule has 3 aromatic rings. The molecule has 1 fully saturated rings. The maximum atomic E-state index is 12.6. The fourth-order valence-electron chi connectivity index (χ4n) is 3.92. The van der Waals surface area contributed by atoms with Gasteiger partial charge in [0.15, 0.2) is 0 Å². The van der Waals surface area contributed by atoms with Crippen molar-refractivity contribution in [3.05, 3.63) is 59.2 Å². The van der Waals surface area contributed by atoms with E-state index in [0.29, 0.717) is 13.0 Å². The van der Waals surface area contributed by atoms with Crippen LogP contribution in [0, 0.1) is 13.8 Å². The van der Waals surface area contributed by atoms with E-state index in [1.165, 1.54) is 18.4 Å². The van der Waals surface area contributed by atoms with E-state index in [4.69, 9.17) is 8.83 Å². The lowest BCUT2D eigenvalue weighted by Crippen LogP contribution is -2.37. The fraction of sp³-hybridized carbons (Fsp3) is 0.409. The van der Waals surface area contributed by atoms with Crippen LogP contribution in [-0.2, 0) is 11.2 Å². The first kappa shape index (κ1) is 17.9. The Balaban J connectivity index is 1.44. The number of hydrogen-bond acceptors (Lipinski definition) is 4. The quantitative estimate of drug-likeness (QED) is 0.712. The number of carbonyl (C=O) groups excluding carboxylic acids is 1. The molecule has 142 valence electrons. The molecule has 2 aromatic heterocycles. The first-order valence-corrected chi connectivity index (χ1v) is 9.64. The molecule has 5 nitrogen and oxygen atoms in total. The molecule has 1 amide bonds. The Hall–Kier alpha value is -2.53. The molecule has 1 aliphatic heterocycles. The minimum atomic E-state index is 0.00619. The van der Waals surface area contributed by atoms with Crippen LogP contribution in [0.1, 0.15) is 41.3 Å². The molecule has 1 N–H and O–H groups in total. The summed E-state index contributed by atoms with van der Waals surface area (Å²) >= 11 is 0. The molecule has 1 aliphatic rings. The van der Waals surface area contributed by atoms with Crippen LogP contribution in [0.4, 0.5) is 0 Å². The summed E-state index contributed by atoms with van der Waals surface area (Å²) in [5.74, 6) is 0.920. The molecular formula is C22H26N2O3. The van der Waals surface area contributed by atoms with Crippen molar-refractivity contribution in [3.8, 4) is 0 Å². The lowest BCUT2D eigenvalue weighted by atomic mass is 10.0. The van der Waals surface area contributed by atoms with Gasteiger partial charge in [-0.25, -0.2) is 0 Å². The van der Waals surface area contributed by atoms with E-state index < -0.39 is 0 Å². The Morgan fingerprint density at radius 2 is 2.00 bits per heavy atom. The second-order valence-electron chi connectivity index (χ2n) is 7.40. The van der Waals surface area contributed by atoms with E-state index in [0.717, 1.165) is 40.9 Å². The number of carbonyl (C=O) groups is 1. The highest BCUT2D eigenvalue weighted by Gasteiger charge is 2.26. The molecule has 1 aromatic carbocycles. The average Bonchev–Trinajstić information content (AvgIpc) is 3.41. The first-order chi connectivity index (χ1) is 13.1. The molecule has 4 rings (SSSR count). The zero-order chi connectivity index (χ0) is 18.8. The SMILES string of the molecule is Cc1ccc2c(CC(=O)NC[C@@H](c3ccco3)N3CCCC3)coc2c1C. The van der Waals surface area contributed by atoms with Gasteiger partial charge in [0.1, 0.15) is 11.3 Å². The van der Waals surface area contributed by atoms with Gasteiger partial charge in [-0.1, -0.05) is 12.1 Å². The Kier molecular flexibility index (Phi) is 5.03. The van der Waals surface area contributed by atoms with Crippen LogP contribution < -0.4 is 5.32 Å². The number of amides is 1. The zero-order valence-corrected chi connectivity index (χ0v) is 16.0. The second kappa shape index (κ2) is 7.61. The predicted octanol–water partition coefficient (Wildman–Crippen LogP) is 4.14. The van der Waals surface area contributed by atoms with Gasteiger partial charge in [-0.3, -0.25) is 9.69 Å². The number of nitrogens with zero attached hydrogens (tertiary/aromatic N) is 1. The number of hydrogen-bond donors (Lipinski definition) is 1. The number of fused-ring (bicyclic) bond motifs is 1.